The van der Waals surface area contributed by atoms with Crippen molar-refractivity contribution >= 4 is 44.7 Å². The van der Waals surface area contributed by atoms with Crippen molar-refractivity contribution in [2.45, 2.75) is 38.0 Å². The van der Waals surface area contributed by atoms with Gasteiger partial charge in [0.2, 0.25) is 0 Å². The van der Waals surface area contributed by atoms with E-state index in [4.69, 9.17) is 14.8 Å². The first-order valence-electron chi connectivity index (χ1n) is 10.7. The third-order valence-electron chi connectivity index (χ3n) is 5.67. The molecule has 11 heteroatoms. The maximum absolute atomic E-state index is 13.4. The molecule has 1 aliphatic carbocycles. The molecular weight excluding hydrogens is 508 g/mol. The lowest BCUT2D eigenvalue weighted by Gasteiger charge is -2.22. The number of halogens is 1. The summed E-state index contributed by atoms with van der Waals surface area (Å²) < 4.78 is 7.23. The molecule has 0 atom stereocenters. The van der Waals surface area contributed by atoms with Crippen LogP contribution in [-0.2, 0) is 4.79 Å². The number of nitrogens with zero attached hydrogens (tertiary/aromatic N) is 4. The molecule has 10 nitrogen and oxygen atoms in total. The smallest absolute Gasteiger partial charge is 0.341 e. The molecule has 1 heterocycles. The van der Waals surface area contributed by atoms with E-state index in [-0.39, 0.29) is 28.5 Å². The van der Waals surface area contributed by atoms with Gasteiger partial charge in [-0.15, -0.1) is 0 Å². The average molecular weight is 529 g/mol. The van der Waals surface area contributed by atoms with Crippen LogP contribution in [0.1, 0.15) is 49.4 Å². The number of nitro benzene ring substituents is 1. The molecular formula is C23H21BrN4O6. The lowest BCUT2D eigenvalue weighted by Crippen LogP contribution is -2.25. The minimum Gasteiger partial charge on any atom is -0.481 e. The number of rotatable bonds is 7. The lowest BCUT2D eigenvalue weighted by atomic mass is 9.88. The summed E-state index contributed by atoms with van der Waals surface area (Å²) >= 11 is 3.38. The molecule has 2 aromatic carbocycles. The molecule has 0 saturated heterocycles. The fourth-order valence-electron chi connectivity index (χ4n) is 4.04. The highest BCUT2D eigenvalue weighted by molar-refractivity contribution is 9.10. The maximum Gasteiger partial charge on any atom is 0.341 e. The van der Waals surface area contributed by atoms with E-state index in [1.54, 1.807) is 12.1 Å². The fraction of sp³-hybridized carbons (Fsp3) is 0.304. The summed E-state index contributed by atoms with van der Waals surface area (Å²) in [6, 6.07) is 9.02. The molecule has 34 heavy (non-hydrogen) atoms. The number of fused-ring (bicyclic) bond motifs is 1. The first-order valence-corrected chi connectivity index (χ1v) is 11.5. The Morgan fingerprint density at radius 3 is 2.74 bits per heavy atom. The second-order valence-corrected chi connectivity index (χ2v) is 8.91. The Balaban J connectivity index is 1.84. The van der Waals surface area contributed by atoms with Gasteiger partial charge in [-0.2, -0.15) is 9.78 Å². The number of ether oxygens (including phenoxy) is 1. The van der Waals surface area contributed by atoms with Crippen LogP contribution in [0.5, 0.6) is 5.75 Å². The first kappa shape index (κ1) is 23.6. The van der Waals surface area contributed by atoms with Crippen molar-refractivity contribution in [1.29, 1.82) is 0 Å². The molecule has 4 rings (SSSR count). The van der Waals surface area contributed by atoms with Gasteiger partial charge in [0.15, 0.2) is 6.61 Å². The largest absolute Gasteiger partial charge is 0.481 e. The number of carboxylic acid groups (broad SMARTS) is 1. The monoisotopic (exact) mass is 528 g/mol. The maximum atomic E-state index is 13.4. The first-order chi connectivity index (χ1) is 16.3. The molecule has 0 amide bonds. The second kappa shape index (κ2) is 10.1. The van der Waals surface area contributed by atoms with Crippen LogP contribution in [0.25, 0.3) is 10.9 Å². The lowest BCUT2D eigenvalue weighted by molar-refractivity contribution is -0.384. The Bertz CT molecular complexity index is 1350. The molecule has 1 aliphatic rings. The van der Waals surface area contributed by atoms with Gasteiger partial charge in [-0.3, -0.25) is 14.9 Å². The van der Waals surface area contributed by atoms with Crippen molar-refractivity contribution in [3.05, 3.63) is 72.7 Å². The molecule has 176 valence electrons. The summed E-state index contributed by atoms with van der Waals surface area (Å²) in [5.74, 6) is -0.504. The van der Waals surface area contributed by atoms with E-state index in [1.165, 1.54) is 29.1 Å². The molecule has 1 saturated carbocycles. The van der Waals surface area contributed by atoms with Gasteiger partial charge in [0.1, 0.15) is 11.6 Å². The summed E-state index contributed by atoms with van der Waals surface area (Å²) in [5.41, 5.74) is 0.165. The average Bonchev–Trinajstić information content (AvgIpc) is 2.83. The van der Waals surface area contributed by atoms with Crippen LogP contribution in [0.4, 0.5) is 5.69 Å². The third-order valence-corrected chi connectivity index (χ3v) is 6.16. The van der Waals surface area contributed by atoms with Crippen LogP contribution in [0, 0.1) is 10.1 Å². The van der Waals surface area contributed by atoms with Crippen molar-refractivity contribution in [3.8, 4) is 5.75 Å². The van der Waals surface area contributed by atoms with Crippen LogP contribution in [0.2, 0.25) is 0 Å². The highest BCUT2D eigenvalue weighted by Crippen LogP contribution is 2.32. The summed E-state index contributed by atoms with van der Waals surface area (Å²) in [6.07, 6.45) is 6.22. The minimum absolute atomic E-state index is 0.0551. The number of carbonyl (C=O) groups is 1. The number of benzene rings is 2. The number of nitro groups is 1. The van der Waals surface area contributed by atoms with Gasteiger partial charge < -0.3 is 9.84 Å². The summed E-state index contributed by atoms with van der Waals surface area (Å²) in [4.78, 5) is 39.8. The number of aromatic nitrogens is 2. The van der Waals surface area contributed by atoms with Crippen LogP contribution in [0.3, 0.4) is 0 Å². The van der Waals surface area contributed by atoms with Crippen molar-refractivity contribution in [1.82, 2.24) is 9.66 Å². The van der Waals surface area contributed by atoms with Gasteiger partial charge in [-0.05, 0) is 37.1 Å². The van der Waals surface area contributed by atoms with Gasteiger partial charge >= 0.3 is 5.97 Å². The standard InChI is InChI=1S/C23H21BrN4O6/c24-16-6-8-19-18(11-16)23(31)27(22(26-19)14-4-2-1-3-5-14)25-12-15-10-17(28(32)33)7-9-20(15)34-13-21(29)30/h6-12,14H,1-5,13H2,(H,29,30). The van der Waals surface area contributed by atoms with Crippen molar-refractivity contribution in [2.24, 2.45) is 5.10 Å². The molecule has 0 radical (unpaired) electrons. The van der Waals surface area contributed by atoms with Gasteiger partial charge in [0.05, 0.1) is 22.0 Å². The predicted molar refractivity (Wildman–Crippen MR) is 129 cm³/mol. The zero-order chi connectivity index (χ0) is 24.2. The van der Waals surface area contributed by atoms with Crippen LogP contribution in [0.15, 0.2) is 50.8 Å². The molecule has 0 spiro atoms. The summed E-state index contributed by atoms with van der Waals surface area (Å²) in [5, 5.41) is 24.9. The van der Waals surface area contributed by atoms with E-state index in [2.05, 4.69) is 21.0 Å². The molecule has 1 aromatic heterocycles. The Labute approximate surface area is 202 Å². The number of hydrogen-bond acceptors (Lipinski definition) is 7. The molecule has 3 aromatic rings. The van der Waals surface area contributed by atoms with E-state index in [9.17, 15) is 19.7 Å². The van der Waals surface area contributed by atoms with E-state index in [0.29, 0.717) is 16.7 Å². The molecule has 0 unspecified atom stereocenters. The number of non-ortho nitro benzene ring substituents is 1. The SMILES string of the molecule is O=C(O)COc1ccc([N+](=O)[O-])cc1C=Nn1c(C2CCCCC2)nc2ccc(Br)cc2c1=O. The van der Waals surface area contributed by atoms with Crippen LogP contribution < -0.4 is 10.3 Å². The van der Waals surface area contributed by atoms with E-state index < -0.39 is 17.5 Å². The van der Waals surface area contributed by atoms with E-state index >= 15 is 0 Å². The number of aliphatic carboxylic acids is 1. The normalized spacial score (nSPS) is 14.5. The van der Waals surface area contributed by atoms with Gasteiger partial charge in [-0.25, -0.2) is 9.78 Å². The second-order valence-electron chi connectivity index (χ2n) is 7.99. The molecule has 0 aliphatic heterocycles. The Hall–Kier alpha value is -3.60. The Morgan fingerprint density at radius 1 is 1.26 bits per heavy atom. The van der Waals surface area contributed by atoms with E-state index in [1.807, 2.05) is 6.07 Å². The summed E-state index contributed by atoms with van der Waals surface area (Å²) in [7, 11) is 0. The van der Waals surface area contributed by atoms with Gasteiger partial charge in [0, 0.05) is 28.1 Å². The quantitative estimate of drug-likeness (QED) is 0.271. The van der Waals surface area contributed by atoms with Crippen molar-refractivity contribution in [2.75, 3.05) is 6.61 Å². The topological polar surface area (TPSA) is 137 Å². The molecule has 0 bridgehead atoms. The Kier molecular flexibility index (Phi) is 7.01. The van der Waals surface area contributed by atoms with Crippen molar-refractivity contribution < 1.29 is 19.6 Å². The fourth-order valence-corrected chi connectivity index (χ4v) is 4.40. The number of carboxylic acids is 1. The molecule has 1 N–H and O–H groups in total. The van der Waals surface area contributed by atoms with Crippen LogP contribution >= 0.6 is 15.9 Å². The van der Waals surface area contributed by atoms with Crippen LogP contribution in [-0.4, -0.2) is 38.5 Å². The zero-order valence-corrected chi connectivity index (χ0v) is 19.6. The minimum atomic E-state index is -1.19. The van der Waals surface area contributed by atoms with E-state index in [0.717, 1.165) is 36.6 Å². The third kappa shape index (κ3) is 5.14. The highest BCUT2D eigenvalue weighted by Gasteiger charge is 2.23. The number of hydrogen-bond donors (Lipinski definition) is 1. The van der Waals surface area contributed by atoms with Gasteiger partial charge in [0.25, 0.3) is 11.2 Å². The highest BCUT2D eigenvalue weighted by atomic mass is 79.9. The Morgan fingerprint density at radius 2 is 2.03 bits per heavy atom. The molecule has 1 fully saturated rings. The zero-order valence-electron chi connectivity index (χ0n) is 18.0. The summed E-state index contributed by atoms with van der Waals surface area (Å²) in [6.45, 7) is -0.627. The predicted octanol–water partition coefficient (Wildman–Crippen LogP) is 4.46. The van der Waals surface area contributed by atoms with Gasteiger partial charge in [-0.1, -0.05) is 35.2 Å². The van der Waals surface area contributed by atoms with Crippen molar-refractivity contribution in [3.63, 3.8) is 0 Å².